The molecule has 0 saturated heterocycles. The van der Waals surface area contributed by atoms with Crippen molar-refractivity contribution in [3.63, 3.8) is 0 Å². The van der Waals surface area contributed by atoms with Gasteiger partial charge in [-0.2, -0.15) is 5.10 Å². The first-order chi connectivity index (χ1) is 8.68. The third-order valence-corrected chi connectivity index (χ3v) is 2.12. The van der Waals surface area contributed by atoms with E-state index in [1.165, 1.54) is 30.5 Å². The number of hydrogen-bond donors (Lipinski definition) is 1. The van der Waals surface area contributed by atoms with Gasteiger partial charge in [-0.1, -0.05) is 12.1 Å². The van der Waals surface area contributed by atoms with Gasteiger partial charge in [-0.25, -0.2) is 9.59 Å². The molecule has 0 bridgehead atoms. The lowest BCUT2D eigenvalue weighted by Gasteiger charge is -2.04. The molecule has 0 spiro atoms. The fraction of sp³-hybridized carbons (Fsp3) is 0. The van der Waals surface area contributed by atoms with E-state index in [-0.39, 0.29) is 17.0 Å². The van der Waals surface area contributed by atoms with E-state index in [1.807, 2.05) is 0 Å². The number of esters is 1. The number of hydrogen-bond acceptors (Lipinski definition) is 5. The summed E-state index contributed by atoms with van der Waals surface area (Å²) < 4.78 is 4.92. The molecular weight excluding hydrogens is 236 g/mol. The van der Waals surface area contributed by atoms with Crippen molar-refractivity contribution < 1.29 is 19.4 Å². The highest BCUT2D eigenvalue weighted by Crippen LogP contribution is 2.12. The summed E-state index contributed by atoms with van der Waals surface area (Å²) in [4.78, 5) is 22.7. The molecule has 6 heteroatoms. The predicted molar refractivity (Wildman–Crippen MR) is 60.4 cm³/mol. The number of aromatic nitrogens is 2. The van der Waals surface area contributed by atoms with Crippen molar-refractivity contribution in [2.75, 3.05) is 0 Å². The maximum absolute atomic E-state index is 11.8. The summed E-state index contributed by atoms with van der Waals surface area (Å²) in [7, 11) is 0. The minimum atomic E-state index is -1.19. The summed E-state index contributed by atoms with van der Waals surface area (Å²) in [6.07, 6.45) is 1.43. The summed E-state index contributed by atoms with van der Waals surface area (Å²) >= 11 is 0. The highest BCUT2D eigenvalue weighted by molar-refractivity contribution is 6.02. The minimum Gasteiger partial charge on any atom is -0.478 e. The van der Waals surface area contributed by atoms with Crippen LogP contribution in [0.2, 0.25) is 0 Å². The number of carbonyl (C=O) groups excluding carboxylic acids is 1. The van der Waals surface area contributed by atoms with E-state index in [0.717, 1.165) is 0 Å². The van der Waals surface area contributed by atoms with Crippen molar-refractivity contribution in [1.82, 2.24) is 10.2 Å². The molecule has 0 amide bonds. The van der Waals surface area contributed by atoms with E-state index in [0.29, 0.717) is 0 Å². The molecule has 1 aromatic carbocycles. The molecule has 2 rings (SSSR count). The van der Waals surface area contributed by atoms with Gasteiger partial charge in [0.05, 0.1) is 11.1 Å². The van der Waals surface area contributed by atoms with Gasteiger partial charge < -0.3 is 9.84 Å². The van der Waals surface area contributed by atoms with Crippen LogP contribution in [0, 0.1) is 0 Å². The van der Waals surface area contributed by atoms with Crippen molar-refractivity contribution in [2.45, 2.75) is 0 Å². The topological polar surface area (TPSA) is 89.4 Å². The first-order valence-electron chi connectivity index (χ1n) is 5.00. The monoisotopic (exact) mass is 244 g/mol. The van der Waals surface area contributed by atoms with Crippen molar-refractivity contribution >= 4 is 11.9 Å². The number of nitrogens with zero attached hydrogens (tertiary/aromatic N) is 2. The molecule has 1 N–H and O–H groups in total. The van der Waals surface area contributed by atoms with Crippen molar-refractivity contribution in [3.8, 4) is 5.88 Å². The SMILES string of the molecule is O=C(O)c1ccccc1C(=O)Oc1cccnn1. The minimum absolute atomic E-state index is 0.0164. The summed E-state index contributed by atoms with van der Waals surface area (Å²) in [5, 5.41) is 16.1. The van der Waals surface area contributed by atoms with Crippen LogP contribution >= 0.6 is 0 Å². The summed E-state index contributed by atoms with van der Waals surface area (Å²) in [6, 6.07) is 8.80. The molecule has 2 aromatic rings. The highest BCUT2D eigenvalue weighted by Gasteiger charge is 2.17. The second-order valence-corrected chi connectivity index (χ2v) is 3.30. The Morgan fingerprint density at radius 2 is 1.78 bits per heavy atom. The zero-order valence-electron chi connectivity index (χ0n) is 9.11. The maximum atomic E-state index is 11.8. The zero-order valence-corrected chi connectivity index (χ0v) is 9.11. The van der Waals surface area contributed by atoms with Gasteiger partial charge in [0.15, 0.2) is 0 Å². The van der Waals surface area contributed by atoms with Crippen LogP contribution in [0.3, 0.4) is 0 Å². The lowest BCUT2D eigenvalue weighted by atomic mass is 10.1. The van der Waals surface area contributed by atoms with Gasteiger partial charge in [0, 0.05) is 12.3 Å². The fourth-order valence-electron chi connectivity index (χ4n) is 1.34. The molecule has 18 heavy (non-hydrogen) atoms. The van der Waals surface area contributed by atoms with Crippen molar-refractivity contribution in [3.05, 3.63) is 53.7 Å². The molecule has 6 nitrogen and oxygen atoms in total. The van der Waals surface area contributed by atoms with E-state index in [9.17, 15) is 9.59 Å². The number of rotatable bonds is 3. The lowest BCUT2D eigenvalue weighted by molar-refractivity contribution is 0.0665. The number of carboxylic acid groups (broad SMARTS) is 1. The maximum Gasteiger partial charge on any atom is 0.345 e. The number of aromatic carboxylic acids is 1. The molecule has 1 aromatic heterocycles. The number of carboxylic acids is 1. The number of benzene rings is 1. The molecule has 0 aliphatic rings. The molecular formula is C12H8N2O4. The summed E-state index contributed by atoms with van der Waals surface area (Å²) in [5.74, 6) is -1.96. The molecule has 0 radical (unpaired) electrons. The Hall–Kier alpha value is -2.76. The predicted octanol–water partition coefficient (Wildman–Crippen LogP) is 1.39. The van der Waals surface area contributed by atoms with Gasteiger partial charge in [0.25, 0.3) is 0 Å². The van der Waals surface area contributed by atoms with Gasteiger partial charge in [0.1, 0.15) is 0 Å². The Balaban J connectivity index is 2.27. The second kappa shape index (κ2) is 5.05. The molecule has 0 unspecified atom stereocenters. The third-order valence-electron chi connectivity index (χ3n) is 2.12. The standard InChI is InChI=1S/C12H8N2O4/c15-11(16)8-4-1-2-5-9(8)12(17)18-10-6-3-7-13-14-10/h1-7H,(H,15,16). The first-order valence-corrected chi connectivity index (χ1v) is 5.00. The summed E-state index contributed by atoms with van der Waals surface area (Å²) in [5.41, 5.74) is -0.151. The van der Waals surface area contributed by atoms with Gasteiger partial charge in [-0.3, -0.25) is 0 Å². The van der Waals surface area contributed by atoms with Gasteiger partial charge >= 0.3 is 11.9 Å². The van der Waals surface area contributed by atoms with Crippen LogP contribution in [0.25, 0.3) is 0 Å². The molecule has 0 saturated carbocycles. The average molecular weight is 244 g/mol. The Bertz CT molecular complexity index is 584. The Morgan fingerprint density at radius 3 is 2.39 bits per heavy atom. The van der Waals surface area contributed by atoms with Crippen LogP contribution in [0.15, 0.2) is 42.6 Å². The fourth-order valence-corrected chi connectivity index (χ4v) is 1.34. The highest BCUT2D eigenvalue weighted by atomic mass is 16.5. The van der Waals surface area contributed by atoms with Crippen molar-refractivity contribution in [2.24, 2.45) is 0 Å². The first kappa shape index (κ1) is 11.7. The molecule has 0 atom stereocenters. The average Bonchev–Trinajstić information content (AvgIpc) is 2.40. The third kappa shape index (κ3) is 2.49. The molecule has 1 heterocycles. The van der Waals surface area contributed by atoms with Crippen LogP contribution in [-0.4, -0.2) is 27.2 Å². The van der Waals surface area contributed by atoms with Crippen molar-refractivity contribution in [1.29, 1.82) is 0 Å². The van der Waals surface area contributed by atoms with E-state index >= 15 is 0 Å². The van der Waals surface area contributed by atoms with Crippen LogP contribution < -0.4 is 4.74 Å². The second-order valence-electron chi connectivity index (χ2n) is 3.30. The largest absolute Gasteiger partial charge is 0.478 e. The molecule has 90 valence electrons. The van der Waals surface area contributed by atoms with E-state index in [4.69, 9.17) is 9.84 Å². The molecule has 0 fully saturated rings. The number of ether oxygens (including phenoxy) is 1. The molecule has 0 aliphatic carbocycles. The summed E-state index contributed by atoms with van der Waals surface area (Å²) in [6.45, 7) is 0. The smallest absolute Gasteiger partial charge is 0.345 e. The van der Waals surface area contributed by atoms with E-state index in [1.54, 1.807) is 12.1 Å². The van der Waals surface area contributed by atoms with Crippen LogP contribution in [-0.2, 0) is 0 Å². The lowest BCUT2D eigenvalue weighted by Crippen LogP contribution is -2.14. The van der Waals surface area contributed by atoms with Gasteiger partial charge in [-0.15, -0.1) is 5.10 Å². The van der Waals surface area contributed by atoms with Crippen LogP contribution in [0.1, 0.15) is 20.7 Å². The van der Waals surface area contributed by atoms with E-state index in [2.05, 4.69) is 10.2 Å². The Kier molecular flexibility index (Phi) is 3.29. The Labute approximate surface area is 102 Å². The quantitative estimate of drug-likeness (QED) is 0.820. The molecule has 0 aliphatic heterocycles. The number of carbonyl (C=O) groups is 2. The van der Waals surface area contributed by atoms with E-state index < -0.39 is 11.9 Å². The van der Waals surface area contributed by atoms with Crippen LogP contribution in [0.5, 0.6) is 5.88 Å². The van der Waals surface area contributed by atoms with Gasteiger partial charge in [0.2, 0.25) is 5.88 Å². The van der Waals surface area contributed by atoms with Gasteiger partial charge in [-0.05, 0) is 18.2 Å². The van der Waals surface area contributed by atoms with Crippen LogP contribution in [0.4, 0.5) is 0 Å². The normalized spacial score (nSPS) is 9.78. The Morgan fingerprint density at radius 1 is 1.06 bits per heavy atom. The zero-order chi connectivity index (χ0) is 13.0.